The Hall–Kier alpha value is -1.99. The van der Waals surface area contributed by atoms with Gasteiger partial charge in [-0.25, -0.2) is 9.79 Å². The van der Waals surface area contributed by atoms with Crippen molar-refractivity contribution in [2.75, 3.05) is 39.3 Å². The van der Waals surface area contributed by atoms with Gasteiger partial charge in [0.1, 0.15) is 12.1 Å². The molecule has 0 unspecified atom stereocenters. The number of carbonyl (C=O) groups excluding carboxylic acids is 2. The minimum absolute atomic E-state index is 0.0198. The third-order valence-corrected chi connectivity index (χ3v) is 3.01. The van der Waals surface area contributed by atoms with E-state index in [1.165, 1.54) is 0 Å². The highest BCUT2D eigenvalue weighted by Gasteiger charge is 2.26. The summed E-state index contributed by atoms with van der Waals surface area (Å²) in [5.41, 5.74) is 5.38. The quantitative estimate of drug-likeness (QED) is 0.564. The molecular formula is C14H27N5O3. The van der Waals surface area contributed by atoms with Crippen molar-refractivity contribution in [3.8, 4) is 0 Å². The molecule has 0 spiro atoms. The molecule has 1 heterocycles. The maximum atomic E-state index is 11.9. The number of piperazine rings is 1. The van der Waals surface area contributed by atoms with Crippen molar-refractivity contribution in [1.82, 2.24) is 15.1 Å². The molecule has 22 heavy (non-hydrogen) atoms. The van der Waals surface area contributed by atoms with Crippen LogP contribution in [0, 0.1) is 0 Å². The predicted molar refractivity (Wildman–Crippen MR) is 84.6 cm³/mol. The molecule has 0 atom stereocenters. The van der Waals surface area contributed by atoms with Crippen LogP contribution in [0.1, 0.15) is 27.7 Å². The van der Waals surface area contributed by atoms with E-state index < -0.39 is 5.60 Å². The van der Waals surface area contributed by atoms with Gasteiger partial charge in [0.2, 0.25) is 5.91 Å². The summed E-state index contributed by atoms with van der Waals surface area (Å²) >= 11 is 0. The maximum Gasteiger partial charge on any atom is 0.410 e. The number of carbonyl (C=O) groups is 2. The molecule has 1 fully saturated rings. The molecule has 126 valence electrons. The second-order valence-corrected chi connectivity index (χ2v) is 6.08. The Morgan fingerprint density at radius 1 is 1.18 bits per heavy atom. The summed E-state index contributed by atoms with van der Waals surface area (Å²) in [6.07, 6.45) is -0.315. The van der Waals surface area contributed by atoms with Crippen LogP contribution in [-0.2, 0) is 9.53 Å². The normalized spacial score (nSPS) is 16.5. The molecule has 0 aliphatic carbocycles. The van der Waals surface area contributed by atoms with Crippen LogP contribution in [0.4, 0.5) is 4.79 Å². The summed E-state index contributed by atoms with van der Waals surface area (Å²) < 4.78 is 5.33. The molecule has 8 heteroatoms. The van der Waals surface area contributed by atoms with Crippen LogP contribution in [-0.4, -0.2) is 72.6 Å². The van der Waals surface area contributed by atoms with Crippen molar-refractivity contribution in [3.63, 3.8) is 0 Å². The first-order valence-electron chi connectivity index (χ1n) is 7.52. The van der Waals surface area contributed by atoms with Gasteiger partial charge in [-0.15, -0.1) is 0 Å². The SMILES string of the molecule is CCNC(=O)CN=C(N)N1CCN(C(=O)OC(C)(C)C)CC1. The van der Waals surface area contributed by atoms with Gasteiger partial charge in [-0.2, -0.15) is 0 Å². The van der Waals surface area contributed by atoms with E-state index in [9.17, 15) is 9.59 Å². The molecule has 8 nitrogen and oxygen atoms in total. The number of amides is 2. The molecule has 1 aliphatic rings. The summed E-state index contributed by atoms with van der Waals surface area (Å²) in [6, 6.07) is 0. The number of nitrogens with one attached hydrogen (secondary N) is 1. The largest absolute Gasteiger partial charge is 0.444 e. The first-order chi connectivity index (χ1) is 10.2. The summed E-state index contributed by atoms with van der Waals surface area (Å²) in [7, 11) is 0. The van der Waals surface area contributed by atoms with Crippen LogP contribution in [0.2, 0.25) is 0 Å². The van der Waals surface area contributed by atoms with Crippen LogP contribution in [0.3, 0.4) is 0 Å². The number of ether oxygens (including phenoxy) is 1. The van der Waals surface area contributed by atoms with E-state index in [-0.39, 0.29) is 18.5 Å². The lowest BCUT2D eigenvalue weighted by Crippen LogP contribution is -2.53. The van der Waals surface area contributed by atoms with Crippen LogP contribution in [0.25, 0.3) is 0 Å². The molecule has 0 aromatic rings. The lowest BCUT2D eigenvalue weighted by atomic mass is 10.2. The third-order valence-electron chi connectivity index (χ3n) is 3.01. The standard InChI is InChI=1S/C14H27N5O3/c1-5-16-11(20)10-17-12(15)18-6-8-19(9-7-18)13(21)22-14(2,3)4/h5-10H2,1-4H3,(H2,15,17)(H,16,20). The number of hydrogen-bond acceptors (Lipinski definition) is 4. The molecule has 1 saturated heterocycles. The number of likely N-dealkylation sites (N-methyl/N-ethyl adjacent to an activating group) is 1. The van der Waals surface area contributed by atoms with Crippen molar-refractivity contribution in [2.24, 2.45) is 10.7 Å². The summed E-state index contributed by atoms with van der Waals surface area (Å²) in [6.45, 7) is 10.1. The van der Waals surface area contributed by atoms with E-state index in [1.54, 1.807) is 4.90 Å². The molecule has 0 radical (unpaired) electrons. The molecule has 2 amide bonds. The Morgan fingerprint density at radius 2 is 1.73 bits per heavy atom. The van der Waals surface area contributed by atoms with Gasteiger partial charge in [-0.3, -0.25) is 4.79 Å². The van der Waals surface area contributed by atoms with Crippen LogP contribution in [0.5, 0.6) is 0 Å². The van der Waals surface area contributed by atoms with Gasteiger partial charge in [0.05, 0.1) is 0 Å². The fourth-order valence-electron chi connectivity index (χ4n) is 1.95. The van der Waals surface area contributed by atoms with Gasteiger partial charge < -0.3 is 25.6 Å². The van der Waals surface area contributed by atoms with Gasteiger partial charge in [-0.1, -0.05) is 0 Å². The van der Waals surface area contributed by atoms with E-state index >= 15 is 0 Å². The van der Waals surface area contributed by atoms with Gasteiger partial charge in [0.15, 0.2) is 5.96 Å². The Morgan fingerprint density at radius 3 is 2.23 bits per heavy atom. The average molecular weight is 313 g/mol. The molecule has 0 aromatic heterocycles. The van der Waals surface area contributed by atoms with E-state index in [0.29, 0.717) is 38.7 Å². The monoisotopic (exact) mass is 313 g/mol. The molecule has 3 N–H and O–H groups in total. The van der Waals surface area contributed by atoms with Crippen molar-refractivity contribution >= 4 is 18.0 Å². The summed E-state index contributed by atoms with van der Waals surface area (Å²) in [4.78, 5) is 30.9. The highest BCUT2D eigenvalue weighted by Crippen LogP contribution is 2.11. The topological polar surface area (TPSA) is 100 Å². The second-order valence-electron chi connectivity index (χ2n) is 6.08. The van der Waals surface area contributed by atoms with Crippen LogP contribution < -0.4 is 11.1 Å². The Kier molecular flexibility index (Phi) is 6.45. The number of nitrogens with two attached hydrogens (primary N) is 1. The highest BCUT2D eigenvalue weighted by molar-refractivity contribution is 5.84. The Balaban J connectivity index is 2.43. The zero-order valence-corrected chi connectivity index (χ0v) is 13.9. The Labute approximate surface area is 131 Å². The minimum atomic E-state index is -0.499. The first-order valence-corrected chi connectivity index (χ1v) is 7.52. The minimum Gasteiger partial charge on any atom is -0.444 e. The fourth-order valence-corrected chi connectivity index (χ4v) is 1.95. The van der Waals surface area contributed by atoms with Crippen LogP contribution >= 0.6 is 0 Å². The highest BCUT2D eigenvalue weighted by atomic mass is 16.6. The fraction of sp³-hybridized carbons (Fsp3) is 0.786. The van der Waals surface area contributed by atoms with Crippen molar-refractivity contribution in [2.45, 2.75) is 33.3 Å². The first kappa shape index (κ1) is 18.1. The van der Waals surface area contributed by atoms with Crippen molar-refractivity contribution in [1.29, 1.82) is 0 Å². The lowest BCUT2D eigenvalue weighted by molar-refractivity contribution is -0.119. The van der Waals surface area contributed by atoms with E-state index in [0.717, 1.165) is 0 Å². The zero-order chi connectivity index (χ0) is 16.8. The van der Waals surface area contributed by atoms with E-state index in [4.69, 9.17) is 10.5 Å². The smallest absolute Gasteiger partial charge is 0.410 e. The maximum absolute atomic E-state index is 11.9. The summed E-state index contributed by atoms with van der Waals surface area (Å²) in [5.74, 6) is 0.174. The van der Waals surface area contributed by atoms with Gasteiger partial charge in [0.25, 0.3) is 0 Å². The van der Waals surface area contributed by atoms with Gasteiger partial charge in [0, 0.05) is 32.7 Å². The third kappa shape index (κ3) is 6.19. The van der Waals surface area contributed by atoms with Crippen molar-refractivity contribution in [3.05, 3.63) is 0 Å². The van der Waals surface area contributed by atoms with Gasteiger partial charge in [-0.05, 0) is 27.7 Å². The molecule has 1 rings (SSSR count). The molecule has 0 saturated carbocycles. The zero-order valence-electron chi connectivity index (χ0n) is 13.9. The van der Waals surface area contributed by atoms with Crippen molar-refractivity contribution < 1.29 is 14.3 Å². The summed E-state index contributed by atoms with van der Waals surface area (Å²) in [5, 5.41) is 2.66. The van der Waals surface area contributed by atoms with E-state index in [1.807, 2.05) is 32.6 Å². The number of aliphatic imine (C=N–C) groups is 1. The number of hydrogen-bond donors (Lipinski definition) is 2. The average Bonchev–Trinajstić information content (AvgIpc) is 2.43. The predicted octanol–water partition coefficient (Wildman–Crippen LogP) is -0.0101. The van der Waals surface area contributed by atoms with Crippen LogP contribution in [0.15, 0.2) is 4.99 Å². The number of guanidine groups is 1. The lowest BCUT2D eigenvalue weighted by Gasteiger charge is -2.36. The van der Waals surface area contributed by atoms with E-state index in [2.05, 4.69) is 10.3 Å². The second kappa shape index (κ2) is 7.86. The van der Waals surface area contributed by atoms with Gasteiger partial charge >= 0.3 is 6.09 Å². The number of nitrogens with zero attached hydrogens (tertiary/aromatic N) is 3. The Bertz CT molecular complexity index is 423. The molecular weight excluding hydrogens is 286 g/mol. The molecule has 0 aromatic carbocycles. The molecule has 1 aliphatic heterocycles. The molecule has 0 bridgehead atoms. The number of rotatable bonds is 3.